The minimum atomic E-state index is 0. The Balaban J connectivity index is 0.00000280. The molecule has 0 saturated carbocycles. The van der Waals surface area contributed by atoms with Gasteiger partial charge in [-0.1, -0.05) is 36.4 Å². The van der Waals surface area contributed by atoms with Gasteiger partial charge in [-0.2, -0.15) is 0 Å². The topological polar surface area (TPSA) is 52.6 Å². The molecular formula is C22H32IN5. The summed E-state index contributed by atoms with van der Waals surface area (Å²) in [6.07, 6.45) is 4.33. The predicted octanol–water partition coefficient (Wildman–Crippen LogP) is 3.73. The van der Waals surface area contributed by atoms with Crippen molar-refractivity contribution in [3.8, 4) is 0 Å². The number of pyridine rings is 1. The normalized spacial score (nSPS) is 17.2. The molecule has 2 heterocycles. The van der Waals surface area contributed by atoms with Gasteiger partial charge in [0.05, 0.1) is 12.2 Å². The first-order valence-corrected chi connectivity index (χ1v) is 9.97. The molecule has 5 nitrogen and oxygen atoms in total. The summed E-state index contributed by atoms with van der Waals surface area (Å²) in [6, 6.07) is 15.3. The highest BCUT2D eigenvalue weighted by atomic mass is 127. The van der Waals surface area contributed by atoms with Crippen molar-refractivity contribution in [3.05, 3.63) is 65.5 Å². The number of guanidine groups is 1. The fourth-order valence-corrected chi connectivity index (χ4v) is 3.55. The van der Waals surface area contributed by atoms with Gasteiger partial charge in [0.2, 0.25) is 0 Å². The van der Waals surface area contributed by atoms with Crippen LogP contribution >= 0.6 is 24.0 Å². The van der Waals surface area contributed by atoms with E-state index in [0.717, 1.165) is 31.3 Å². The lowest BCUT2D eigenvalue weighted by Crippen LogP contribution is -2.44. The number of aliphatic imine (C=N–C) groups is 1. The van der Waals surface area contributed by atoms with E-state index in [0.29, 0.717) is 12.6 Å². The molecule has 1 saturated heterocycles. The lowest BCUT2D eigenvalue weighted by molar-refractivity contribution is 0.245. The zero-order chi connectivity index (χ0) is 18.9. The van der Waals surface area contributed by atoms with Crippen LogP contribution in [0.3, 0.4) is 0 Å². The molecule has 1 aliphatic rings. The van der Waals surface area contributed by atoms with Gasteiger partial charge in [-0.25, -0.2) is 4.99 Å². The predicted molar refractivity (Wildman–Crippen MR) is 127 cm³/mol. The maximum atomic E-state index is 4.73. The molecule has 152 valence electrons. The number of likely N-dealkylation sites (tertiary alicyclic amines) is 1. The van der Waals surface area contributed by atoms with Crippen molar-refractivity contribution in [1.29, 1.82) is 0 Å². The van der Waals surface area contributed by atoms with Crippen LogP contribution < -0.4 is 10.6 Å². The van der Waals surface area contributed by atoms with Crippen molar-refractivity contribution >= 4 is 29.9 Å². The van der Waals surface area contributed by atoms with Crippen molar-refractivity contribution < 1.29 is 0 Å². The van der Waals surface area contributed by atoms with Crippen LogP contribution in [-0.2, 0) is 13.1 Å². The number of nitrogens with one attached hydrogen (secondary N) is 2. The molecule has 0 spiro atoms. The Kier molecular flexibility index (Phi) is 9.70. The van der Waals surface area contributed by atoms with Gasteiger partial charge in [0.25, 0.3) is 0 Å². The van der Waals surface area contributed by atoms with Gasteiger partial charge >= 0.3 is 0 Å². The monoisotopic (exact) mass is 493 g/mol. The van der Waals surface area contributed by atoms with Gasteiger partial charge in [0, 0.05) is 31.9 Å². The van der Waals surface area contributed by atoms with Gasteiger partial charge in [-0.05, 0) is 50.4 Å². The van der Waals surface area contributed by atoms with E-state index in [-0.39, 0.29) is 24.0 Å². The third-order valence-corrected chi connectivity index (χ3v) is 5.08. The van der Waals surface area contributed by atoms with E-state index in [1.807, 2.05) is 12.3 Å². The van der Waals surface area contributed by atoms with Crippen LogP contribution in [0.15, 0.2) is 53.7 Å². The molecule has 1 atom stereocenters. The van der Waals surface area contributed by atoms with E-state index in [2.05, 4.69) is 70.8 Å². The highest BCUT2D eigenvalue weighted by Gasteiger charge is 2.24. The van der Waals surface area contributed by atoms with E-state index in [1.54, 1.807) is 0 Å². The Labute approximate surface area is 186 Å². The van der Waals surface area contributed by atoms with E-state index in [4.69, 9.17) is 4.99 Å². The first-order valence-electron chi connectivity index (χ1n) is 9.97. The minimum absolute atomic E-state index is 0. The zero-order valence-corrected chi connectivity index (χ0v) is 19.2. The van der Waals surface area contributed by atoms with Gasteiger partial charge < -0.3 is 10.6 Å². The van der Waals surface area contributed by atoms with E-state index in [9.17, 15) is 0 Å². The van der Waals surface area contributed by atoms with Crippen LogP contribution in [0, 0.1) is 6.92 Å². The molecule has 2 aromatic rings. The number of nitrogens with zero attached hydrogens (tertiary/aromatic N) is 3. The van der Waals surface area contributed by atoms with Crippen molar-refractivity contribution in [2.45, 2.75) is 45.8 Å². The standard InChI is InChI=1S/C22H31N5.HI/c1-3-23-22(26-16-21-18(2)9-7-13-24-21)25-15-20-12-8-14-27(20)17-19-10-5-4-6-11-19;/h4-7,9-11,13,20H,3,8,12,14-17H2,1-2H3,(H2,23,25,26);1H. The molecule has 28 heavy (non-hydrogen) atoms. The first kappa shape index (κ1) is 22.6. The summed E-state index contributed by atoms with van der Waals surface area (Å²) in [5, 5.41) is 6.89. The summed E-state index contributed by atoms with van der Waals surface area (Å²) < 4.78 is 0. The SMILES string of the molecule is CCNC(=NCc1ncccc1C)NCC1CCCN1Cc1ccccc1.I. The summed E-state index contributed by atoms with van der Waals surface area (Å²) in [5.74, 6) is 0.870. The lowest BCUT2D eigenvalue weighted by atomic mass is 10.2. The number of rotatable bonds is 7. The second kappa shape index (κ2) is 12.0. The second-order valence-electron chi connectivity index (χ2n) is 7.10. The highest BCUT2D eigenvalue weighted by molar-refractivity contribution is 14.0. The van der Waals surface area contributed by atoms with Crippen LogP contribution in [0.4, 0.5) is 0 Å². The Morgan fingerprint density at radius 1 is 1.18 bits per heavy atom. The largest absolute Gasteiger partial charge is 0.357 e. The number of halogens is 1. The summed E-state index contributed by atoms with van der Waals surface area (Å²) >= 11 is 0. The number of aromatic nitrogens is 1. The molecule has 2 N–H and O–H groups in total. The number of aryl methyl sites for hydroxylation is 1. The maximum absolute atomic E-state index is 4.73. The molecule has 1 unspecified atom stereocenters. The molecule has 3 rings (SSSR count). The van der Waals surface area contributed by atoms with Crippen LogP contribution in [0.5, 0.6) is 0 Å². The maximum Gasteiger partial charge on any atom is 0.191 e. The number of hydrogen-bond donors (Lipinski definition) is 2. The Morgan fingerprint density at radius 3 is 2.75 bits per heavy atom. The summed E-state index contributed by atoms with van der Waals surface area (Å²) in [6.45, 7) is 8.74. The van der Waals surface area contributed by atoms with E-state index in [1.165, 1.54) is 30.5 Å². The van der Waals surface area contributed by atoms with Gasteiger partial charge in [-0.3, -0.25) is 9.88 Å². The molecular weight excluding hydrogens is 461 g/mol. The molecule has 1 aromatic carbocycles. The second-order valence-corrected chi connectivity index (χ2v) is 7.10. The fourth-order valence-electron chi connectivity index (χ4n) is 3.55. The quantitative estimate of drug-likeness (QED) is 0.351. The van der Waals surface area contributed by atoms with Gasteiger partial charge in [0.15, 0.2) is 5.96 Å². The molecule has 6 heteroatoms. The third-order valence-electron chi connectivity index (χ3n) is 5.08. The molecule has 1 aliphatic heterocycles. The average Bonchev–Trinajstić information content (AvgIpc) is 3.13. The molecule has 0 bridgehead atoms. The van der Waals surface area contributed by atoms with Crippen molar-refractivity contribution in [1.82, 2.24) is 20.5 Å². The zero-order valence-electron chi connectivity index (χ0n) is 16.9. The molecule has 1 fully saturated rings. The van der Waals surface area contributed by atoms with E-state index >= 15 is 0 Å². The molecule has 0 aliphatic carbocycles. The van der Waals surface area contributed by atoms with Gasteiger partial charge in [0.1, 0.15) is 0 Å². The summed E-state index contributed by atoms with van der Waals surface area (Å²) in [5.41, 5.74) is 3.60. The van der Waals surface area contributed by atoms with E-state index < -0.39 is 0 Å². The Bertz CT molecular complexity index is 735. The molecule has 1 aromatic heterocycles. The first-order chi connectivity index (χ1) is 13.3. The number of hydrogen-bond acceptors (Lipinski definition) is 3. The summed E-state index contributed by atoms with van der Waals surface area (Å²) in [7, 11) is 0. The molecule has 0 radical (unpaired) electrons. The van der Waals surface area contributed by atoms with Crippen LogP contribution in [0.1, 0.15) is 36.6 Å². The highest BCUT2D eigenvalue weighted by Crippen LogP contribution is 2.19. The fraction of sp³-hybridized carbons (Fsp3) is 0.455. The minimum Gasteiger partial charge on any atom is -0.357 e. The Morgan fingerprint density at radius 2 is 2.00 bits per heavy atom. The van der Waals surface area contributed by atoms with Crippen molar-refractivity contribution in [2.75, 3.05) is 19.6 Å². The smallest absolute Gasteiger partial charge is 0.191 e. The van der Waals surface area contributed by atoms with Crippen LogP contribution in [0.25, 0.3) is 0 Å². The Hall–Kier alpha value is -1.67. The van der Waals surface area contributed by atoms with Crippen LogP contribution in [-0.4, -0.2) is 41.5 Å². The van der Waals surface area contributed by atoms with Gasteiger partial charge in [-0.15, -0.1) is 24.0 Å². The summed E-state index contributed by atoms with van der Waals surface area (Å²) in [4.78, 5) is 11.7. The molecule has 0 amide bonds. The number of benzene rings is 1. The van der Waals surface area contributed by atoms with Crippen LogP contribution in [0.2, 0.25) is 0 Å². The lowest BCUT2D eigenvalue weighted by Gasteiger charge is -2.25. The van der Waals surface area contributed by atoms with Crippen molar-refractivity contribution in [2.24, 2.45) is 4.99 Å². The van der Waals surface area contributed by atoms with Crippen molar-refractivity contribution in [3.63, 3.8) is 0 Å². The average molecular weight is 493 g/mol. The third kappa shape index (κ3) is 6.74.